The third kappa shape index (κ3) is 11.3. The summed E-state index contributed by atoms with van der Waals surface area (Å²) in [6.07, 6.45) is 4.20. The summed E-state index contributed by atoms with van der Waals surface area (Å²) in [4.78, 5) is 22.1. The minimum atomic E-state index is -3.52. The molecule has 0 radical (unpaired) electrons. The van der Waals surface area contributed by atoms with Gasteiger partial charge in [-0.25, -0.2) is 23.0 Å². The van der Waals surface area contributed by atoms with Gasteiger partial charge in [-0.05, 0) is 67.1 Å². The summed E-state index contributed by atoms with van der Waals surface area (Å²) >= 11 is 5.89. The van der Waals surface area contributed by atoms with Gasteiger partial charge in [-0.1, -0.05) is 42.8 Å². The van der Waals surface area contributed by atoms with Crippen molar-refractivity contribution in [3.05, 3.63) is 76.8 Å². The van der Waals surface area contributed by atoms with Gasteiger partial charge in [-0.3, -0.25) is 0 Å². The molecule has 0 bridgehead atoms. The van der Waals surface area contributed by atoms with E-state index in [2.05, 4.69) is 17.1 Å². The van der Waals surface area contributed by atoms with Crippen molar-refractivity contribution in [3.8, 4) is 0 Å². The third-order valence-corrected chi connectivity index (χ3v) is 6.98. The zero-order chi connectivity index (χ0) is 26.6. The van der Waals surface area contributed by atoms with Crippen LogP contribution in [0.4, 0.5) is 0 Å². The van der Waals surface area contributed by atoms with Crippen molar-refractivity contribution in [2.24, 2.45) is 5.92 Å². The summed E-state index contributed by atoms with van der Waals surface area (Å²) in [6.45, 7) is 5.21. The first-order chi connectivity index (χ1) is 17.0. The number of hydrogen-bond donors (Lipinski definition) is 4. The average molecular weight is 538 g/mol. The highest BCUT2D eigenvalue weighted by molar-refractivity contribution is 7.89. The second-order valence-corrected chi connectivity index (χ2v) is 10.6. The molecular formula is C25H32ClN3O6S. The lowest BCUT2D eigenvalue weighted by Crippen LogP contribution is -2.47. The molecule has 1 atom stereocenters. The van der Waals surface area contributed by atoms with Crippen LogP contribution in [0, 0.1) is 5.92 Å². The normalized spacial score (nSPS) is 16.3. The summed E-state index contributed by atoms with van der Waals surface area (Å²) in [5.41, 5.74) is 2.29. The van der Waals surface area contributed by atoms with Crippen LogP contribution in [0.2, 0.25) is 5.02 Å². The van der Waals surface area contributed by atoms with E-state index in [4.69, 9.17) is 21.8 Å². The number of sulfonamides is 1. The molecule has 1 fully saturated rings. The van der Waals surface area contributed by atoms with Crippen LogP contribution in [0.1, 0.15) is 30.9 Å². The maximum atomic E-state index is 12.6. The Morgan fingerprint density at radius 3 is 2.17 bits per heavy atom. The molecule has 11 heteroatoms. The number of carbonyl (C=O) groups is 2. The van der Waals surface area contributed by atoms with Crippen molar-refractivity contribution in [2.75, 3.05) is 19.6 Å². The molecule has 0 saturated carbocycles. The zero-order valence-electron chi connectivity index (χ0n) is 20.1. The number of aliphatic carboxylic acids is 2. The van der Waals surface area contributed by atoms with Crippen LogP contribution >= 0.6 is 11.6 Å². The van der Waals surface area contributed by atoms with Crippen molar-refractivity contribution in [1.82, 2.24) is 15.2 Å². The molecule has 3 rings (SSSR count). The molecule has 0 spiro atoms. The molecule has 1 heterocycles. The molecule has 9 nitrogen and oxygen atoms in total. The van der Waals surface area contributed by atoms with Crippen molar-refractivity contribution >= 4 is 33.6 Å². The number of nitrogens with one attached hydrogen (secondary N) is 2. The lowest BCUT2D eigenvalue weighted by molar-refractivity contribution is -0.134. The van der Waals surface area contributed by atoms with Gasteiger partial charge in [0.2, 0.25) is 0 Å². The summed E-state index contributed by atoms with van der Waals surface area (Å²) in [5, 5.41) is 21.6. The fourth-order valence-electron chi connectivity index (χ4n) is 3.54. The Balaban J connectivity index is 0.000000493. The largest absolute Gasteiger partial charge is 0.478 e. The second kappa shape index (κ2) is 14.7. The van der Waals surface area contributed by atoms with Gasteiger partial charge < -0.3 is 15.5 Å². The Hall–Kier alpha value is -2.76. The van der Waals surface area contributed by atoms with Crippen LogP contribution in [-0.2, 0) is 32.6 Å². The average Bonchev–Trinajstić information content (AvgIpc) is 2.82. The molecule has 1 saturated heterocycles. The Morgan fingerprint density at radius 2 is 1.61 bits per heavy atom. The van der Waals surface area contributed by atoms with Gasteiger partial charge in [-0.15, -0.1) is 4.83 Å². The molecule has 0 aromatic heterocycles. The van der Waals surface area contributed by atoms with E-state index in [1.54, 1.807) is 12.1 Å². The Kier molecular flexibility index (Phi) is 12.0. The molecule has 2 aromatic rings. The highest BCUT2D eigenvalue weighted by atomic mass is 35.5. The van der Waals surface area contributed by atoms with Gasteiger partial charge in [0.1, 0.15) is 0 Å². The van der Waals surface area contributed by atoms with Crippen LogP contribution < -0.4 is 10.1 Å². The van der Waals surface area contributed by atoms with E-state index in [0.29, 0.717) is 29.5 Å². The lowest BCUT2D eigenvalue weighted by atomic mass is 10.0. The number of halogens is 1. The topological polar surface area (TPSA) is 136 Å². The maximum Gasteiger partial charge on any atom is 0.328 e. The number of rotatable bonds is 10. The van der Waals surface area contributed by atoms with Gasteiger partial charge in [0.15, 0.2) is 0 Å². The predicted octanol–water partition coefficient (Wildman–Crippen LogP) is 3.31. The number of carboxylic acid groups (broad SMARTS) is 2. The van der Waals surface area contributed by atoms with Gasteiger partial charge >= 0.3 is 11.9 Å². The predicted molar refractivity (Wildman–Crippen MR) is 138 cm³/mol. The molecule has 36 heavy (non-hydrogen) atoms. The lowest BCUT2D eigenvalue weighted by Gasteiger charge is -2.30. The number of hydrogen-bond acceptors (Lipinski definition) is 6. The van der Waals surface area contributed by atoms with Gasteiger partial charge in [0, 0.05) is 36.8 Å². The molecular weight excluding hydrogens is 506 g/mol. The fraction of sp³-hybridized carbons (Fsp3) is 0.360. The molecule has 0 amide bonds. The van der Waals surface area contributed by atoms with E-state index in [0.717, 1.165) is 49.5 Å². The van der Waals surface area contributed by atoms with Crippen LogP contribution in [0.5, 0.6) is 0 Å². The minimum absolute atomic E-state index is 0.302. The summed E-state index contributed by atoms with van der Waals surface area (Å²) in [6, 6.07) is 14.9. The van der Waals surface area contributed by atoms with Gasteiger partial charge in [-0.2, -0.15) is 0 Å². The second-order valence-electron chi connectivity index (χ2n) is 8.50. The van der Waals surface area contributed by atoms with Crippen molar-refractivity contribution in [3.63, 3.8) is 0 Å². The number of carboxylic acids is 2. The van der Waals surface area contributed by atoms with E-state index < -0.39 is 22.0 Å². The minimum Gasteiger partial charge on any atom is -0.478 e. The highest BCUT2D eigenvalue weighted by Gasteiger charge is 2.22. The third-order valence-electron chi connectivity index (χ3n) is 5.34. The van der Waals surface area contributed by atoms with E-state index in [-0.39, 0.29) is 0 Å². The summed E-state index contributed by atoms with van der Waals surface area (Å²) < 4.78 is 25.2. The quantitative estimate of drug-likeness (QED) is 0.268. The molecule has 1 aliphatic rings. The summed E-state index contributed by atoms with van der Waals surface area (Å²) in [5.74, 6) is -2.00. The van der Waals surface area contributed by atoms with Crippen LogP contribution in [0.15, 0.2) is 65.6 Å². The first kappa shape index (κ1) is 29.5. The van der Waals surface area contributed by atoms with Crippen molar-refractivity contribution in [1.29, 1.82) is 0 Å². The number of hydrazine groups is 1. The van der Waals surface area contributed by atoms with E-state index in [1.807, 2.05) is 41.4 Å². The Labute approximate surface area is 216 Å². The van der Waals surface area contributed by atoms with Crippen molar-refractivity contribution in [2.45, 2.75) is 37.6 Å². The number of benzene rings is 2. The van der Waals surface area contributed by atoms with Crippen LogP contribution in [-0.4, -0.2) is 55.2 Å². The van der Waals surface area contributed by atoms with Gasteiger partial charge in [0.25, 0.3) is 10.0 Å². The standard InChI is InChI=1S/C21H28ClN3O2S.C4H4O4/c1-17-3-2-14-25(16-17)24-28(26,27)21-10-6-19(7-11-21)15-23-13-12-18-4-8-20(22)9-5-18;5-3(6)1-2-4(7)8/h4-11,17,23-24H,2-3,12-16H2,1H3;1-2H,(H,5,6)(H,7,8)/b;2-1-. The molecule has 0 aliphatic carbocycles. The summed E-state index contributed by atoms with van der Waals surface area (Å²) in [7, 11) is -3.52. The molecule has 2 aromatic carbocycles. The maximum absolute atomic E-state index is 12.6. The van der Waals surface area contributed by atoms with Crippen LogP contribution in [0.25, 0.3) is 0 Å². The number of nitrogens with zero attached hydrogens (tertiary/aromatic N) is 1. The highest BCUT2D eigenvalue weighted by Crippen LogP contribution is 2.16. The molecule has 196 valence electrons. The van der Waals surface area contributed by atoms with Crippen molar-refractivity contribution < 1.29 is 28.2 Å². The smallest absolute Gasteiger partial charge is 0.328 e. The first-order valence-corrected chi connectivity index (χ1v) is 13.4. The van der Waals surface area contributed by atoms with E-state index >= 15 is 0 Å². The van der Waals surface area contributed by atoms with Gasteiger partial charge in [0.05, 0.1) is 4.90 Å². The molecule has 1 aliphatic heterocycles. The monoisotopic (exact) mass is 537 g/mol. The SMILES string of the molecule is CC1CCCN(NS(=O)(=O)c2ccc(CNCCc3ccc(Cl)cc3)cc2)C1.O=C(O)/C=C\C(=O)O. The number of piperidine rings is 1. The first-order valence-electron chi connectivity index (χ1n) is 11.5. The Bertz CT molecular complexity index is 1110. The van der Waals surface area contributed by atoms with Crippen LogP contribution in [0.3, 0.4) is 0 Å². The molecule has 1 unspecified atom stereocenters. The Morgan fingerprint density at radius 1 is 1.03 bits per heavy atom. The van der Waals surface area contributed by atoms with E-state index in [9.17, 15) is 18.0 Å². The molecule has 4 N–H and O–H groups in total. The fourth-order valence-corrected chi connectivity index (χ4v) is 4.77. The zero-order valence-corrected chi connectivity index (χ0v) is 21.6. The van der Waals surface area contributed by atoms with E-state index in [1.165, 1.54) is 5.56 Å².